The number of imidazole rings is 1. The zero-order valence-electron chi connectivity index (χ0n) is 14.7. The van der Waals surface area contributed by atoms with Crippen LogP contribution in [0.15, 0.2) is 24.7 Å². The highest BCUT2D eigenvalue weighted by molar-refractivity contribution is 6.06. The highest BCUT2D eigenvalue weighted by atomic mass is 16.2. The molecule has 1 aliphatic heterocycles. The van der Waals surface area contributed by atoms with Crippen molar-refractivity contribution in [2.75, 3.05) is 18.5 Å². The Morgan fingerprint density at radius 1 is 1.35 bits per heavy atom. The van der Waals surface area contributed by atoms with Crippen molar-refractivity contribution in [1.29, 1.82) is 0 Å². The molecule has 2 aromatic rings. The van der Waals surface area contributed by atoms with Crippen molar-refractivity contribution in [1.82, 2.24) is 25.2 Å². The Hall–Kier alpha value is -2.90. The van der Waals surface area contributed by atoms with Crippen LogP contribution in [0.3, 0.4) is 0 Å². The summed E-state index contributed by atoms with van der Waals surface area (Å²) < 4.78 is 1.70. The van der Waals surface area contributed by atoms with Crippen molar-refractivity contribution in [2.24, 2.45) is 5.92 Å². The average molecular weight is 354 g/mol. The van der Waals surface area contributed by atoms with Crippen molar-refractivity contribution in [2.45, 2.75) is 31.7 Å². The van der Waals surface area contributed by atoms with Crippen LogP contribution in [0.4, 0.5) is 10.5 Å². The fraction of sp³-hybridized carbons (Fsp3) is 0.444. The molecule has 2 bridgehead atoms. The topological polar surface area (TPSA) is 91.6 Å². The van der Waals surface area contributed by atoms with E-state index in [1.807, 2.05) is 6.07 Å². The Balaban J connectivity index is 1.74. The van der Waals surface area contributed by atoms with Gasteiger partial charge in [-0.1, -0.05) is 0 Å². The van der Waals surface area contributed by atoms with Crippen LogP contribution >= 0.6 is 0 Å². The molecule has 0 aromatic carbocycles. The molecule has 8 heteroatoms. The highest BCUT2D eigenvalue weighted by Crippen LogP contribution is 2.40. The van der Waals surface area contributed by atoms with Crippen molar-refractivity contribution >= 4 is 29.2 Å². The molecule has 136 valence electrons. The minimum Gasteiger partial charge on any atom is -0.365 e. The predicted octanol–water partition coefficient (Wildman–Crippen LogP) is 1.58. The number of fused-ring (bicyclic) bond motifs is 3. The van der Waals surface area contributed by atoms with Crippen LogP contribution in [0, 0.1) is 5.92 Å². The second kappa shape index (κ2) is 6.78. The van der Waals surface area contributed by atoms with E-state index < -0.39 is 0 Å². The molecular weight excluding hydrogens is 332 g/mol. The summed E-state index contributed by atoms with van der Waals surface area (Å²) in [5.74, 6) is 0.843. The van der Waals surface area contributed by atoms with Gasteiger partial charge in [0.1, 0.15) is 0 Å². The molecule has 0 spiro atoms. The van der Waals surface area contributed by atoms with Gasteiger partial charge in [0.15, 0.2) is 11.9 Å². The summed E-state index contributed by atoms with van der Waals surface area (Å²) in [5, 5.41) is 9.46. The van der Waals surface area contributed by atoms with Crippen molar-refractivity contribution in [3.8, 4) is 0 Å². The van der Waals surface area contributed by atoms with E-state index in [4.69, 9.17) is 0 Å². The van der Waals surface area contributed by atoms with Gasteiger partial charge in [0, 0.05) is 38.2 Å². The SMILES string of the molecule is CNC(=O)N/C=C(\C=O)c1cc(N2CCC3CCC2C3)c2nccn2n1. The molecule has 4 rings (SSSR count). The molecule has 1 saturated carbocycles. The molecule has 0 radical (unpaired) electrons. The molecule has 8 nitrogen and oxygen atoms in total. The third kappa shape index (κ3) is 2.91. The van der Waals surface area contributed by atoms with Crippen molar-refractivity contribution in [3.05, 3.63) is 30.4 Å². The Labute approximate surface area is 151 Å². The van der Waals surface area contributed by atoms with Gasteiger partial charge >= 0.3 is 6.03 Å². The lowest BCUT2D eigenvalue weighted by Crippen LogP contribution is -2.38. The van der Waals surface area contributed by atoms with Gasteiger partial charge in [0.2, 0.25) is 0 Å². The third-order valence-electron chi connectivity index (χ3n) is 5.39. The summed E-state index contributed by atoms with van der Waals surface area (Å²) in [6.45, 7) is 0.998. The second-order valence-corrected chi connectivity index (χ2v) is 6.87. The molecule has 2 N–H and O–H groups in total. The lowest BCUT2D eigenvalue weighted by Gasteiger charge is -2.35. The number of carbonyl (C=O) groups is 2. The van der Waals surface area contributed by atoms with Crippen LogP contribution in [0.2, 0.25) is 0 Å². The first kappa shape index (κ1) is 16.6. The number of nitrogens with one attached hydrogen (secondary N) is 2. The van der Waals surface area contributed by atoms with Gasteiger partial charge in [0.05, 0.1) is 17.0 Å². The number of piperidine rings is 1. The number of anilines is 1. The average Bonchev–Trinajstić information content (AvgIpc) is 3.28. The van der Waals surface area contributed by atoms with Crippen LogP contribution in [-0.4, -0.2) is 46.5 Å². The van der Waals surface area contributed by atoms with Crippen LogP contribution in [0.1, 0.15) is 31.4 Å². The molecule has 1 aliphatic carbocycles. The van der Waals surface area contributed by atoms with E-state index in [-0.39, 0.29) is 6.03 Å². The maximum absolute atomic E-state index is 11.6. The monoisotopic (exact) mass is 354 g/mol. The lowest BCUT2D eigenvalue weighted by molar-refractivity contribution is -0.103. The Bertz CT molecular complexity index is 874. The molecule has 1 saturated heterocycles. The minimum absolute atomic E-state index is 0.312. The number of aldehydes is 1. The van der Waals surface area contributed by atoms with E-state index >= 15 is 0 Å². The first-order valence-corrected chi connectivity index (χ1v) is 8.94. The predicted molar refractivity (Wildman–Crippen MR) is 97.7 cm³/mol. The van der Waals surface area contributed by atoms with E-state index in [1.165, 1.54) is 38.9 Å². The maximum Gasteiger partial charge on any atom is 0.318 e. The number of amides is 2. The zero-order chi connectivity index (χ0) is 18.1. The second-order valence-electron chi connectivity index (χ2n) is 6.87. The Morgan fingerprint density at radius 3 is 3.04 bits per heavy atom. The molecule has 2 amide bonds. The first-order valence-electron chi connectivity index (χ1n) is 8.94. The number of rotatable bonds is 4. The fourth-order valence-electron chi connectivity index (χ4n) is 4.05. The summed E-state index contributed by atoms with van der Waals surface area (Å²) in [7, 11) is 1.52. The lowest BCUT2D eigenvalue weighted by atomic mass is 9.98. The smallest absolute Gasteiger partial charge is 0.318 e. The van der Waals surface area contributed by atoms with E-state index in [0.29, 0.717) is 23.6 Å². The van der Waals surface area contributed by atoms with Gasteiger partial charge in [-0.15, -0.1) is 0 Å². The molecule has 2 fully saturated rings. The third-order valence-corrected chi connectivity index (χ3v) is 5.39. The summed E-state index contributed by atoms with van der Waals surface area (Å²) in [5.41, 5.74) is 2.62. The van der Waals surface area contributed by atoms with Gasteiger partial charge < -0.3 is 15.5 Å². The van der Waals surface area contributed by atoms with E-state index in [1.54, 1.807) is 16.9 Å². The number of allylic oxidation sites excluding steroid dienone is 1. The normalized spacial score (nSPS) is 22.5. The van der Waals surface area contributed by atoms with Gasteiger partial charge in [-0.3, -0.25) is 4.79 Å². The molecule has 3 heterocycles. The van der Waals surface area contributed by atoms with Crippen molar-refractivity contribution in [3.63, 3.8) is 0 Å². The van der Waals surface area contributed by atoms with Crippen LogP contribution in [0.5, 0.6) is 0 Å². The van der Waals surface area contributed by atoms with E-state index in [2.05, 4.69) is 25.6 Å². The number of hydrogen-bond acceptors (Lipinski definition) is 5. The summed E-state index contributed by atoms with van der Waals surface area (Å²) >= 11 is 0. The fourth-order valence-corrected chi connectivity index (χ4v) is 4.05. The number of hydrogen-bond donors (Lipinski definition) is 2. The van der Waals surface area contributed by atoms with Crippen LogP contribution in [-0.2, 0) is 4.79 Å². The summed E-state index contributed by atoms with van der Waals surface area (Å²) in [6, 6.07) is 2.05. The minimum atomic E-state index is -0.388. The molecule has 2 aliphatic rings. The largest absolute Gasteiger partial charge is 0.365 e. The number of aromatic nitrogens is 3. The molecular formula is C18H22N6O2. The number of urea groups is 1. The quantitative estimate of drug-likeness (QED) is 0.642. The summed E-state index contributed by atoms with van der Waals surface area (Å²) in [6.07, 6.45) is 10.5. The highest BCUT2D eigenvalue weighted by Gasteiger charge is 2.35. The maximum atomic E-state index is 11.6. The summed E-state index contributed by atoms with van der Waals surface area (Å²) in [4.78, 5) is 29.9. The van der Waals surface area contributed by atoms with Gasteiger partial charge in [-0.2, -0.15) is 5.10 Å². The molecule has 2 atom stereocenters. The molecule has 2 unspecified atom stereocenters. The zero-order valence-corrected chi connectivity index (χ0v) is 14.7. The first-order chi connectivity index (χ1) is 12.7. The van der Waals surface area contributed by atoms with Crippen molar-refractivity contribution < 1.29 is 9.59 Å². The number of carbonyl (C=O) groups excluding carboxylic acids is 2. The van der Waals surface area contributed by atoms with Gasteiger partial charge in [0.25, 0.3) is 0 Å². The van der Waals surface area contributed by atoms with Crippen LogP contribution in [0.25, 0.3) is 11.2 Å². The standard InChI is InChI=1S/C18H22N6O2/c1-19-18(26)21-10-13(11-25)15-9-16(17-20-5-7-24(17)22-15)23-6-4-12-2-3-14(23)8-12/h5,7,9-12,14H,2-4,6,8H2,1H3,(H2,19,21,26)/b13-10+. The van der Waals surface area contributed by atoms with Gasteiger partial charge in [-0.05, 0) is 37.7 Å². The Kier molecular flexibility index (Phi) is 4.32. The van der Waals surface area contributed by atoms with E-state index in [9.17, 15) is 9.59 Å². The molecule has 26 heavy (non-hydrogen) atoms. The number of nitrogens with zero attached hydrogens (tertiary/aromatic N) is 4. The Morgan fingerprint density at radius 2 is 2.23 bits per heavy atom. The van der Waals surface area contributed by atoms with Crippen LogP contribution < -0.4 is 15.5 Å². The molecule has 2 aromatic heterocycles. The van der Waals surface area contributed by atoms with E-state index in [0.717, 1.165) is 23.8 Å². The van der Waals surface area contributed by atoms with Gasteiger partial charge in [-0.25, -0.2) is 14.3 Å².